The lowest BCUT2D eigenvalue weighted by Gasteiger charge is -2.35. The standard InChI is InChI=1S/C18H19N5O/c24-18(11-14-12-21-16-4-2-1-3-15(14)16)23-9-7-22(8-10-23)17-13-19-5-6-20-17/h1-6,12-13,21H,7-11H2. The molecule has 4 rings (SSSR count). The fourth-order valence-corrected chi connectivity index (χ4v) is 3.19. The van der Waals surface area contributed by atoms with Crippen molar-refractivity contribution in [2.75, 3.05) is 31.1 Å². The van der Waals surface area contributed by atoms with E-state index in [2.05, 4.69) is 25.9 Å². The predicted octanol–water partition coefficient (Wildman–Crippen LogP) is 1.85. The topological polar surface area (TPSA) is 65.1 Å². The number of fused-ring (bicyclic) bond motifs is 1. The van der Waals surface area contributed by atoms with Gasteiger partial charge < -0.3 is 14.8 Å². The molecule has 1 N–H and O–H groups in total. The van der Waals surface area contributed by atoms with Gasteiger partial charge in [-0.1, -0.05) is 18.2 Å². The summed E-state index contributed by atoms with van der Waals surface area (Å²) in [5, 5.41) is 1.13. The van der Waals surface area contributed by atoms with Crippen molar-refractivity contribution in [3.63, 3.8) is 0 Å². The van der Waals surface area contributed by atoms with E-state index in [4.69, 9.17) is 0 Å². The van der Waals surface area contributed by atoms with Gasteiger partial charge in [-0.2, -0.15) is 0 Å². The van der Waals surface area contributed by atoms with Crippen LogP contribution < -0.4 is 4.90 Å². The van der Waals surface area contributed by atoms with Gasteiger partial charge in [0.25, 0.3) is 0 Å². The van der Waals surface area contributed by atoms with Crippen molar-refractivity contribution in [2.45, 2.75) is 6.42 Å². The summed E-state index contributed by atoms with van der Waals surface area (Å²) >= 11 is 0. The molecule has 0 aliphatic carbocycles. The molecule has 122 valence electrons. The van der Waals surface area contributed by atoms with Crippen molar-refractivity contribution in [1.82, 2.24) is 19.9 Å². The summed E-state index contributed by atoms with van der Waals surface area (Å²) in [6.07, 6.45) is 7.52. The Kier molecular flexibility index (Phi) is 3.86. The van der Waals surface area contributed by atoms with E-state index < -0.39 is 0 Å². The van der Waals surface area contributed by atoms with Gasteiger partial charge in [-0.3, -0.25) is 9.78 Å². The highest BCUT2D eigenvalue weighted by molar-refractivity contribution is 5.89. The minimum absolute atomic E-state index is 0.179. The number of aromatic amines is 1. The Morgan fingerprint density at radius 1 is 1.12 bits per heavy atom. The molecule has 0 saturated carbocycles. The van der Waals surface area contributed by atoms with Gasteiger partial charge in [-0.05, 0) is 11.6 Å². The minimum atomic E-state index is 0.179. The van der Waals surface area contributed by atoms with Crippen LogP contribution in [0.3, 0.4) is 0 Å². The Labute approximate surface area is 140 Å². The molecule has 0 unspecified atom stereocenters. The molecule has 1 amide bonds. The van der Waals surface area contributed by atoms with Crippen molar-refractivity contribution in [2.24, 2.45) is 0 Å². The van der Waals surface area contributed by atoms with Crippen LogP contribution in [0.15, 0.2) is 49.1 Å². The molecule has 1 aromatic carbocycles. The average molecular weight is 321 g/mol. The number of H-pyrrole nitrogens is 1. The molecule has 0 radical (unpaired) electrons. The van der Waals surface area contributed by atoms with E-state index in [0.717, 1.165) is 48.5 Å². The second-order valence-electron chi connectivity index (χ2n) is 5.97. The van der Waals surface area contributed by atoms with E-state index in [1.54, 1.807) is 18.6 Å². The Morgan fingerprint density at radius 3 is 2.75 bits per heavy atom. The van der Waals surface area contributed by atoms with Crippen LogP contribution in [-0.4, -0.2) is 51.9 Å². The number of hydrogen-bond donors (Lipinski definition) is 1. The van der Waals surface area contributed by atoms with Gasteiger partial charge in [0.05, 0.1) is 12.6 Å². The molecule has 3 heterocycles. The number of piperazine rings is 1. The highest BCUT2D eigenvalue weighted by Gasteiger charge is 2.22. The maximum atomic E-state index is 12.6. The fourth-order valence-electron chi connectivity index (χ4n) is 3.19. The van der Waals surface area contributed by atoms with Gasteiger partial charge in [0.15, 0.2) is 0 Å². The van der Waals surface area contributed by atoms with Crippen molar-refractivity contribution in [3.05, 3.63) is 54.6 Å². The zero-order valence-corrected chi connectivity index (χ0v) is 13.4. The molecule has 0 spiro atoms. The first kappa shape index (κ1) is 14.7. The molecular formula is C18H19N5O. The lowest BCUT2D eigenvalue weighted by atomic mass is 10.1. The molecule has 0 atom stereocenters. The summed E-state index contributed by atoms with van der Waals surface area (Å²) in [6.45, 7) is 3.02. The van der Waals surface area contributed by atoms with Crippen LogP contribution in [0.2, 0.25) is 0 Å². The summed E-state index contributed by atoms with van der Waals surface area (Å²) in [5.41, 5.74) is 2.14. The average Bonchev–Trinajstić information content (AvgIpc) is 3.06. The monoisotopic (exact) mass is 321 g/mol. The number of anilines is 1. The number of hydrogen-bond acceptors (Lipinski definition) is 4. The quantitative estimate of drug-likeness (QED) is 0.799. The Bertz CT molecular complexity index is 837. The van der Waals surface area contributed by atoms with Crippen molar-refractivity contribution in [3.8, 4) is 0 Å². The second kappa shape index (κ2) is 6.31. The van der Waals surface area contributed by atoms with Gasteiger partial charge in [0.2, 0.25) is 5.91 Å². The first-order valence-corrected chi connectivity index (χ1v) is 8.15. The van der Waals surface area contributed by atoms with Crippen LogP contribution in [0.25, 0.3) is 10.9 Å². The smallest absolute Gasteiger partial charge is 0.227 e. The van der Waals surface area contributed by atoms with E-state index in [9.17, 15) is 4.79 Å². The number of carbonyl (C=O) groups excluding carboxylic acids is 1. The zero-order chi connectivity index (χ0) is 16.4. The molecule has 1 fully saturated rings. The number of nitrogens with one attached hydrogen (secondary N) is 1. The van der Waals surface area contributed by atoms with Crippen LogP contribution >= 0.6 is 0 Å². The summed E-state index contributed by atoms with van der Waals surface area (Å²) in [5.74, 6) is 1.06. The summed E-state index contributed by atoms with van der Waals surface area (Å²) < 4.78 is 0. The number of benzene rings is 1. The first-order chi connectivity index (χ1) is 11.8. The van der Waals surface area contributed by atoms with E-state index >= 15 is 0 Å². The lowest BCUT2D eigenvalue weighted by molar-refractivity contribution is -0.130. The molecule has 1 aliphatic rings. The predicted molar refractivity (Wildman–Crippen MR) is 92.8 cm³/mol. The van der Waals surface area contributed by atoms with E-state index in [0.29, 0.717) is 6.42 Å². The third-order valence-electron chi connectivity index (χ3n) is 4.52. The molecule has 0 bridgehead atoms. The zero-order valence-electron chi connectivity index (χ0n) is 13.4. The third-order valence-corrected chi connectivity index (χ3v) is 4.52. The van der Waals surface area contributed by atoms with Crippen LogP contribution in [0.4, 0.5) is 5.82 Å². The van der Waals surface area contributed by atoms with Gasteiger partial charge in [-0.15, -0.1) is 0 Å². The molecule has 1 aliphatic heterocycles. The largest absolute Gasteiger partial charge is 0.361 e. The van der Waals surface area contributed by atoms with Gasteiger partial charge in [0, 0.05) is 55.7 Å². The maximum Gasteiger partial charge on any atom is 0.227 e. The number of carbonyl (C=O) groups is 1. The van der Waals surface area contributed by atoms with Crippen molar-refractivity contribution < 1.29 is 4.79 Å². The molecule has 24 heavy (non-hydrogen) atoms. The first-order valence-electron chi connectivity index (χ1n) is 8.15. The maximum absolute atomic E-state index is 12.6. The molecule has 3 aromatic rings. The molecule has 2 aromatic heterocycles. The van der Waals surface area contributed by atoms with Gasteiger partial charge in [0.1, 0.15) is 5.82 Å². The van der Waals surface area contributed by atoms with Crippen LogP contribution in [-0.2, 0) is 11.2 Å². The summed E-state index contributed by atoms with van der Waals surface area (Å²) in [6, 6.07) is 8.09. The fraction of sp³-hybridized carbons (Fsp3) is 0.278. The Morgan fingerprint density at radius 2 is 1.96 bits per heavy atom. The minimum Gasteiger partial charge on any atom is -0.361 e. The van der Waals surface area contributed by atoms with E-state index in [1.165, 1.54) is 0 Å². The number of nitrogens with zero attached hydrogens (tertiary/aromatic N) is 4. The summed E-state index contributed by atoms with van der Waals surface area (Å²) in [4.78, 5) is 28.4. The summed E-state index contributed by atoms with van der Waals surface area (Å²) in [7, 11) is 0. The highest BCUT2D eigenvalue weighted by atomic mass is 16.2. The number of rotatable bonds is 3. The van der Waals surface area contributed by atoms with Gasteiger partial charge >= 0.3 is 0 Å². The molecular weight excluding hydrogens is 302 g/mol. The molecule has 6 nitrogen and oxygen atoms in total. The van der Waals surface area contributed by atoms with Crippen molar-refractivity contribution in [1.29, 1.82) is 0 Å². The van der Waals surface area contributed by atoms with Gasteiger partial charge in [-0.25, -0.2) is 4.98 Å². The number of aromatic nitrogens is 3. The van der Waals surface area contributed by atoms with E-state index in [1.807, 2.05) is 29.3 Å². The third kappa shape index (κ3) is 2.82. The number of para-hydroxylation sites is 1. The number of amides is 1. The van der Waals surface area contributed by atoms with E-state index in [-0.39, 0.29) is 5.91 Å². The normalized spacial score (nSPS) is 15.0. The SMILES string of the molecule is O=C(Cc1c[nH]c2ccccc12)N1CCN(c2cnccn2)CC1. The highest BCUT2D eigenvalue weighted by Crippen LogP contribution is 2.19. The second-order valence-corrected chi connectivity index (χ2v) is 5.97. The lowest BCUT2D eigenvalue weighted by Crippen LogP contribution is -2.49. The van der Waals surface area contributed by atoms with Crippen LogP contribution in [0, 0.1) is 0 Å². The van der Waals surface area contributed by atoms with Crippen LogP contribution in [0.1, 0.15) is 5.56 Å². The van der Waals surface area contributed by atoms with Crippen molar-refractivity contribution >= 4 is 22.6 Å². The molecule has 6 heteroatoms. The Balaban J connectivity index is 1.40. The Hall–Kier alpha value is -2.89. The van der Waals surface area contributed by atoms with Crippen LogP contribution in [0.5, 0.6) is 0 Å². The molecule has 1 saturated heterocycles.